The molecule has 1 fully saturated rings. The third-order valence-corrected chi connectivity index (χ3v) is 4.45. The van der Waals surface area contributed by atoms with Crippen molar-refractivity contribution in [1.29, 1.82) is 0 Å². The molecule has 1 heterocycles. The number of carbonyl (C=O) groups is 2. The van der Waals surface area contributed by atoms with E-state index in [-0.39, 0.29) is 18.6 Å². The van der Waals surface area contributed by atoms with Gasteiger partial charge in [-0.05, 0) is 44.6 Å². The van der Waals surface area contributed by atoms with Gasteiger partial charge < -0.3 is 19.7 Å². The predicted molar refractivity (Wildman–Crippen MR) is 99.7 cm³/mol. The van der Waals surface area contributed by atoms with E-state index in [0.717, 1.165) is 12.0 Å². The molecule has 2 unspecified atom stereocenters. The molecule has 1 aliphatic heterocycles. The molecule has 1 aromatic carbocycles. The number of likely N-dealkylation sites (tertiary alicyclic amines) is 1. The zero-order chi connectivity index (χ0) is 19.2. The Labute approximate surface area is 155 Å². The Morgan fingerprint density at radius 1 is 1.23 bits per heavy atom. The Kier molecular flexibility index (Phi) is 6.89. The number of amides is 2. The van der Waals surface area contributed by atoms with Crippen molar-refractivity contribution in [3.8, 4) is 0 Å². The molecule has 0 spiro atoms. The van der Waals surface area contributed by atoms with Crippen LogP contribution in [0.25, 0.3) is 0 Å². The zero-order valence-corrected chi connectivity index (χ0v) is 16.2. The number of hydrogen-bond donors (Lipinski definition) is 1. The molecule has 144 valence electrons. The lowest BCUT2D eigenvalue weighted by atomic mass is 9.87. The van der Waals surface area contributed by atoms with Crippen molar-refractivity contribution < 1.29 is 19.1 Å². The summed E-state index contributed by atoms with van der Waals surface area (Å²) in [5, 5.41) is 2.83. The number of benzene rings is 1. The summed E-state index contributed by atoms with van der Waals surface area (Å²) in [6, 6.07) is 9.65. The SMILES string of the molecule is CC1CN(C(=O)OCc2ccccc2)CCC1CNC(=O)OC(C)(C)C. The van der Waals surface area contributed by atoms with E-state index in [4.69, 9.17) is 9.47 Å². The molecule has 6 nitrogen and oxygen atoms in total. The van der Waals surface area contributed by atoms with Gasteiger partial charge in [0.25, 0.3) is 0 Å². The first-order valence-corrected chi connectivity index (χ1v) is 9.17. The fraction of sp³-hybridized carbons (Fsp3) is 0.600. The Morgan fingerprint density at radius 2 is 1.92 bits per heavy atom. The van der Waals surface area contributed by atoms with Crippen LogP contribution in [-0.2, 0) is 16.1 Å². The van der Waals surface area contributed by atoms with E-state index in [1.807, 2.05) is 51.1 Å². The highest BCUT2D eigenvalue weighted by Crippen LogP contribution is 2.23. The van der Waals surface area contributed by atoms with Crippen LogP contribution in [0, 0.1) is 11.8 Å². The highest BCUT2D eigenvalue weighted by atomic mass is 16.6. The highest BCUT2D eigenvalue weighted by Gasteiger charge is 2.30. The van der Waals surface area contributed by atoms with Gasteiger partial charge in [0, 0.05) is 19.6 Å². The van der Waals surface area contributed by atoms with Crippen LogP contribution >= 0.6 is 0 Å². The molecular formula is C20H30N2O4. The molecule has 2 rings (SSSR count). The molecule has 0 radical (unpaired) electrons. The molecule has 0 bridgehead atoms. The van der Waals surface area contributed by atoms with E-state index in [9.17, 15) is 9.59 Å². The number of hydrogen-bond acceptors (Lipinski definition) is 4. The fourth-order valence-electron chi connectivity index (χ4n) is 3.00. The van der Waals surface area contributed by atoms with Gasteiger partial charge in [-0.15, -0.1) is 0 Å². The van der Waals surface area contributed by atoms with Crippen LogP contribution in [0.5, 0.6) is 0 Å². The third-order valence-electron chi connectivity index (χ3n) is 4.45. The summed E-state index contributed by atoms with van der Waals surface area (Å²) in [4.78, 5) is 25.8. The number of carbonyl (C=O) groups excluding carboxylic acids is 2. The minimum Gasteiger partial charge on any atom is -0.445 e. The third kappa shape index (κ3) is 6.58. The van der Waals surface area contributed by atoms with Crippen LogP contribution in [0.1, 0.15) is 39.7 Å². The van der Waals surface area contributed by atoms with Gasteiger partial charge in [-0.25, -0.2) is 9.59 Å². The summed E-state index contributed by atoms with van der Waals surface area (Å²) in [7, 11) is 0. The molecule has 0 aromatic heterocycles. The monoisotopic (exact) mass is 362 g/mol. The van der Waals surface area contributed by atoms with Crippen molar-refractivity contribution in [2.24, 2.45) is 11.8 Å². The lowest BCUT2D eigenvalue weighted by Crippen LogP contribution is -2.46. The summed E-state index contributed by atoms with van der Waals surface area (Å²) >= 11 is 0. The first-order valence-electron chi connectivity index (χ1n) is 9.17. The number of nitrogens with one attached hydrogen (secondary N) is 1. The van der Waals surface area contributed by atoms with Crippen LogP contribution in [0.2, 0.25) is 0 Å². The van der Waals surface area contributed by atoms with Gasteiger partial charge in [0.15, 0.2) is 0 Å². The highest BCUT2D eigenvalue weighted by molar-refractivity contribution is 5.68. The number of alkyl carbamates (subject to hydrolysis) is 1. The maximum Gasteiger partial charge on any atom is 0.410 e. The van der Waals surface area contributed by atoms with Crippen molar-refractivity contribution in [3.63, 3.8) is 0 Å². The summed E-state index contributed by atoms with van der Waals surface area (Å²) in [5.41, 5.74) is 0.479. The maximum atomic E-state index is 12.3. The normalized spacial score (nSPS) is 20.4. The lowest BCUT2D eigenvalue weighted by Gasteiger charge is -2.36. The van der Waals surface area contributed by atoms with E-state index in [0.29, 0.717) is 25.6 Å². The number of ether oxygens (including phenoxy) is 2. The van der Waals surface area contributed by atoms with Gasteiger partial charge >= 0.3 is 12.2 Å². The Balaban J connectivity index is 1.73. The second-order valence-corrected chi connectivity index (χ2v) is 7.90. The Bertz CT molecular complexity index is 598. The Hall–Kier alpha value is -2.24. The number of piperidine rings is 1. The van der Waals surface area contributed by atoms with Crippen molar-refractivity contribution in [1.82, 2.24) is 10.2 Å². The van der Waals surface area contributed by atoms with Crippen molar-refractivity contribution in [3.05, 3.63) is 35.9 Å². The van der Waals surface area contributed by atoms with Crippen LogP contribution in [0.3, 0.4) is 0 Å². The second kappa shape index (κ2) is 8.92. The minimum absolute atomic E-state index is 0.278. The molecular weight excluding hydrogens is 332 g/mol. The quantitative estimate of drug-likeness (QED) is 0.884. The summed E-state index contributed by atoms with van der Waals surface area (Å²) in [6.07, 6.45) is 0.158. The predicted octanol–water partition coefficient (Wildman–Crippen LogP) is 3.81. The molecule has 6 heteroatoms. The largest absolute Gasteiger partial charge is 0.445 e. The standard InChI is InChI=1S/C20H30N2O4/c1-15-13-22(19(24)25-14-16-8-6-5-7-9-16)11-10-17(15)12-21-18(23)26-20(2,3)4/h5-9,15,17H,10-14H2,1-4H3,(H,21,23). The average molecular weight is 362 g/mol. The van der Waals surface area contributed by atoms with E-state index in [1.54, 1.807) is 4.90 Å². The van der Waals surface area contributed by atoms with Gasteiger partial charge in [-0.2, -0.15) is 0 Å². The van der Waals surface area contributed by atoms with E-state index < -0.39 is 11.7 Å². The van der Waals surface area contributed by atoms with Gasteiger partial charge in [-0.3, -0.25) is 0 Å². The minimum atomic E-state index is -0.498. The van der Waals surface area contributed by atoms with Gasteiger partial charge in [0.2, 0.25) is 0 Å². The van der Waals surface area contributed by atoms with Crippen LogP contribution < -0.4 is 5.32 Å². The molecule has 26 heavy (non-hydrogen) atoms. The average Bonchev–Trinajstić information content (AvgIpc) is 2.58. The number of rotatable bonds is 4. The van der Waals surface area contributed by atoms with Gasteiger partial charge in [0.1, 0.15) is 12.2 Å². The topological polar surface area (TPSA) is 67.9 Å². The van der Waals surface area contributed by atoms with Crippen LogP contribution in [0.4, 0.5) is 9.59 Å². The molecule has 1 N–H and O–H groups in total. The van der Waals surface area contributed by atoms with Gasteiger partial charge in [-0.1, -0.05) is 37.3 Å². The van der Waals surface area contributed by atoms with Crippen LogP contribution in [-0.4, -0.2) is 42.3 Å². The molecule has 2 amide bonds. The smallest absolute Gasteiger partial charge is 0.410 e. The lowest BCUT2D eigenvalue weighted by molar-refractivity contribution is 0.0469. The van der Waals surface area contributed by atoms with Gasteiger partial charge in [0.05, 0.1) is 0 Å². The van der Waals surface area contributed by atoms with Crippen LogP contribution in [0.15, 0.2) is 30.3 Å². The molecule has 0 aliphatic carbocycles. The molecule has 1 aromatic rings. The first-order chi connectivity index (χ1) is 12.2. The Morgan fingerprint density at radius 3 is 2.54 bits per heavy atom. The molecule has 2 atom stereocenters. The zero-order valence-electron chi connectivity index (χ0n) is 16.2. The van der Waals surface area contributed by atoms with Crippen molar-refractivity contribution in [2.75, 3.05) is 19.6 Å². The van der Waals surface area contributed by atoms with E-state index >= 15 is 0 Å². The summed E-state index contributed by atoms with van der Waals surface area (Å²) in [5.74, 6) is 0.601. The van der Waals surface area contributed by atoms with Crippen molar-refractivity contribution >= 4 is 12.2 Å². The van der Waals surface area contributed by atoms with Crippen molar-refractivity contribution in [2.45, 2.75) is 46.3 Å². The molecule has 1 aliphatic rings. The number of nitrogens with zero attached hydrogens (tertiary/aromatic N) is 1. The summed E-state index contributed by atoms with van der Waals surface area (Å²) < 4.78 is 10.7. The van der Waals surface area contributed by atoms with E-state index in [1.165, 1.54) is 0 Å². The summed E-state index contributed by atoms with van der Waals surface area (Å²) in [6.45, 7) is 9.74. The molecule has 0 saturated carbocycles. The second-order valence-electron chi connectivity index (χ2n) is 7.90. The first kappa shape index (κ1) is 20.1. The maximum absolute atomic E-state index is 12.3. The molecule has 1 saturated heterocycles. The fourth-order valence-corrected chi connectivity index (χ4v) is 3.00. The van der Waals surface area contributed by atoms with E-state index in [2.05, 4.69) is 12.2 Å².